The van der Waals surface area contributed by atoms with Gasteiger partial charge in [-0.1, -0.05) is 0 Å². The van der Waals surface area contributed by atoms with E-state index in [2.05, 4.69) is 0 Å². The van der Waals surface area contributed by atoms with Crippen molar-refractivity contribution in [1.29, 1.82) is 0 Å². The molecule has 0 unspecified atom stereocenters. The number of carbonyl (C=O) groups is 1. The largest absolute Gasteiger partial charge is 0.459 e. The van der Waals surface area contributed by atoms with Crippen LogP contribution in [0.15, 0.2) is 22.0 Å². The van der Waals surface area contributed by atoms with E-state index in [-0.39, 0.29) is 17.1 Å². The van der Waals surface area contributed by atoms with Crippen LogP contribution < -0.4 is 0 Å². The molecule has 1 atom stereocenters. The smallest absolute Gasteiger partial charge is 0.433 e. The molecule has 0 amide bonds. The number of carbonyl (C=O) groups excluding carboxylic acids is 1. The van der Waals surface area contributed by atoms with Crippen molar-refractivity contribution in [3.05, 3.63) is 33.4 Å². The molecule has 7 heteroatoms. The van der Waals surface area contributed by atoms with Gasteiger partial charge in [0.2, 0.25) is 0 Å². The molecule has 1 aromatic rings. The summed E-state index contributed by atoms with van der Waals surface area (Å²) in [6.45, 7) is 7.15. The molecule has 1 aromatic heterocycles. The van der Waals surface area contributed by atoms with Gasteiger partial charge in [-0.25, -0.2) is 0 Å². The summed E-state index contributed by atoms with van der Waals surface area (Å²) in [4.78, 5) is 21.5. The van der Waals surface area contributed by atoms with Gasteiger partial charge in [0, 0.05) is 0 Å². The number of esters is 1. The second-order valence-corrected chi connectivity index (χ2v) is 6.30. The summed E-state index contributed by atoms with van der Waals surface area (Å²) < 4.78 is 10.2. The summed E-state index contributed by atoms with van der Waals surface area (Å²) in [5.74, 6) is -0.256. The van der Waals surface area contributed by atoms with Gasteiger partial charge in [-0.15, -0.1) is 11.8 Å². The zero-order valence-corrected chi connectivity index (χ0v) is 12.6. The predicted molar refractivity (Wildman–Crippen MR) is 77.3 cm³/mol. The number of furan rings is 1. The maximum atomic E-state index is 11.7. The van der Waals surface area contributed by atoms with Gasteiger partial charge in [0.1, 0.15) is 21.5 Å². The van der Waals surface area contributed by atoms with Crippen molar-refractivity contribution in [2.45, 2.75) is 38.5 Å². The zero-order chi connectivity index (χ0) is 15.3. The average molecular weight is 299 g/mol. The minimum absolute atomic E-state index is 0.308. The summed E-state index contributed by atoms with van der Waals surface area (Å²) >= 11 is 1.25. The normalized spacial score (nSPS) is 13.4. The number of hydrogen-bond acceptors (Lipinski definition) is 6. The van der Waals surface area contributed by atoms with Crippen LogP contribution in [-0.2, 0) is 9.53 Å². The van der Waals surface area contributed by atoms with E-state index in [1.807, 2.05) is 0 Å². The van der Waals surface area contributed by atoms with Gasteiger partial charge in [0.05, 0.1) is 6.07 Å². The third kappa shape index (κ3) is 5.48. The Hall–Kier alpha value is -1.76. The van der Waals surface area contributed by atoms with Crippen molar-refractivity contribution >= 4 is 29.7 Å². The Morgan fingerprint density at radius 1 is 1.50 bits per heavy atom. The van der Waals surface area contributed by atoms with Crippen LogP contribution in [0.5, 0.6) is 0 Å². The highest BCUT2D eigenvalue weighted by Gasteiger charge is 2.21. The molecule has 0 aliphatic heterocycles. The van der Waals surface area contributed by atoms with E-state index in [9.17, 15) is 14.9 Å². The first-order chi connectivity index (χ1) is 9.19. The van der Waals surface area contributed by atoms with Crippen LogP contribution in [0.1, 0.15) is 33.5 Å². The van der Waals surface area contributed by atoms with Crippen LogP contribution in [0.3, 0.4) is 0 Å². The average Bonchev–Trinajstić information content (AvgIpc) is 2.75. The Morgan fingerprint density at radius 3 is 2.65 bits per heavy atom. The maximum absolute atomic E-state index is 11.7. The van der Waals surface area contributed by atoms with Gasteiger partial charge < -0.3 is 9.15 Å². The quantitative estimate of drug-likeness (QED) is 0.469. The SMILES string of the molecule is C[C@H](S/C=C/c1ccc([N+](=O)[O-])o1)C(=O)OC(C)(C)C. The zero-order valence-electron chi connectivity index (χ0n) is 11.8. The molecule has 20 heavy (non-hydrogen) atoms. The molecule has 0 spiro atoms. The molecule has 0 bridgehead atoms. The van der Waals surface area contributed by atoms with E-state index in [1.165, 1.54) is 23.9 Å². The fraction of sp³-hybridized carbons (Fsp3) is 0.462. The summed E-state index contributed by atoms with van der Waals surface area (Å²) in [5.41, 5.74) is -0.517. The van der Waals surface area contributed by atoms with Gasteiger partial charge >= 0.3 is 11.9 Å². The highest BCUT2D eigenvalue weighted by Crippen LogP contribution is 2.21. The highest BCUT2D eigenvalue weighted by atomic mass is 32.2. The van der Waals surface area contributed by atoms with Gasteiger partial charge in [0.15, 0.2) is 0 Å². The molecule has 0 saturated carbocycles. The third-order valence-corrected chi connectivity index (χ3v) is 2.94. The molecule has 0 aliphatic rings. The summed E-state index contributed by atoms with van der Waals surface area (Å²) in [6, 6.07) is 2.77. The van der Waals surface area contributed by atoms with Crippen molar-refractivity contribution in [1.82, 2.24) is 0 Å². The summed E-state index contributed by atoms with van der Waals surface area (Å²) in [7, 11) is 0. The Morgan fingerprint density at radius 2 is 2.15 bits per heavy atom. The molecule has 0 aliphatic carbocycles. The number of nitro groups is 1. The van der Waals surface area contributed by atoms with E-state index >= 15 is 0 Å². The molecule has 0 N–H and O–H groups in total. The summed E-state index contributed by atoms with van der Waals surface area (Å²) in [6.07, 6.45) is 1.57. The van der Waals surface area contributed by atoms with Gasteiger partial charge in [-0.2, -0.15) is 0 Å². The molecule has 0 aromatic carbocycles. The van der Waals surface area contributed by atoms with E-state index in [0.717, 1.165) is 0 Å². The maximum Gasteiger partial charge on any atom is 0.433 e. The lowest BCUT2D eigenvalue weighted by atomic mass is 10.2. The van der Waals surface area contributed by atoms with E-state index in [1.54, 1.807) is 39.2 Å². The van der Waals surface area contributed by atoms with Crippen molar-refractivity contribution in [3.8, 4) is 0 Å². The number of rotatable bonds is 5. The lowest BCUT2D eigenvalue weighted by Gasteiger charge is -2.21. The molecule has 1 heterocycles. The molecule has 0 radical (unpaired) electrons. The molecule has 0 fully saturated rings. The number of nitrogens with zero attached hydrogens (tertiary/aromatic N) is 1. The molecule has 110 valence electrons. The van der Waals surface area contributed by atoms with Crippen LogP contribution in [0.2, 0.25) is 0 Å². The molecular weight excluding hydrogens is 282 g/mol. The lowest BCUT2D eigenvalue weighted by Crippen LogP contribution is -2.28. The minimum Gasteiger partial charge on any atom is -0.459 e. The lowest BCUT2D eigenvalue weighted by molar-refractivity contribution is -0.402. The number of thioether (sulfide) groups is 1. The van der Waals surface area contributed by atoms with Crippen LogP contribution in [0.4, 0.5) is 5.88 Å². The first-order valence-electron chi connectivity index (χ1n) is 5.98. The first-order valence-corrected chi connectivity index (χ1v) is 6.92. The van der Waals surface area contributed by atoms with Crippen molar-refractivity contribution in [2.75, 3.05) is 0 Å². The first kappa shape index (κ1) is 16.3. The fourth-order valence-corrected chi connectivity index (χ4v) is 1.80. The topological polar surface area (TPSA) is 82.6 Å². The van der Waals surface area contributed by atoms with Gasteiger partial charge in [-0.3, -0.25) is 14.9 Å². The third-order valence-electron chi connectivity index (χ3n) is 2.05. The van der Waals surface area contributed by atoms with Crippen molar-refractivity contribution in [3.63, 3.8) is 0 Å². The summed E-state index contributed by atoms with van der Waals surface area (Å²) in [5, 5.41) is 11.7. The molecule has 0 saturated heterocycles. The van der Waals surface area contributed by atoms with E-state index in [0.29, 0.717) is 5.76 Å². The van der Waals surface area contributed by atoms with Crippen molar-refractivity contribution in [2.24, 2.45) is 0 Å². The second kappa shape index (κ2) is 6.60. The van der Waals surface area contributed by atoms with Gasteiger partial charge in [-0.05, 0) is 45.2 Å². The minimum atomic E-state index is -0.603. The van der Waals surface area contributed by atoms with E-state index in [4.69, 9.17) is 9.15 Å². The Bertz CT molecular complexity index is 515. The fourth-order valence-electron chi connectivity index (χ4n) is 1.19. The van der Waals surface area contributed by atoms with Crippen LogP contribution >= 0.6 is 11.8 Å². The molecular formula is C13H17NO5S. The van der Waals surface area contributed by atoms with Crippen molar-refractivity contribution < 1.29 is 18.9 Å². The standard InChI is InChI=1S/C13H17NO5S/c1-9(12(15)19-13(2,3)4)20-8-7-10-5-6-11(18-10)14(16)17/h5-9H,1-4H3/b8-7+/t9-/m0/s1. The van der Waals surface area contributed by atoms with Crippen LogP contribution in [0.25, 0.3) is 6.08 Å². The Kier molecular flexibility index (Phi) is 5.38. The number of hydrogen-bond donors (Lipinski definition) is 0. The number of ether oxygens (including phenoxy) is 1. The Balaban J connectivity index is 2.51. The predicted octanol–water partition coefficient (Wildman–Crippen LogP) is 3.62. The second-order valence-electron chi connectivity index (χ2n) is 5.05. The monoisotopic (exact) mass is 299 g/mol. The molecule has 6 nitrogen and oxygen atoms in total. The molecule has 1 rings (SSSR count). The van der Waals surface area contributed by atoms with Gasteiger partial charge in [0.25, 0.3) is 0 Å². The van der Waals surface area contributed by atoms with Crippen LogP contribution in [0, 0.1) is 10.1 Å². The highest BCUT2D eigenvalue weighted by molar-refractivity contribution is 8.03. The van der Waals surface area contributed by atoms with E-state index < -0.39 is 10.5 Å². The van der Waals surface area contributed by atoms with Crippen LogP contribution in [-0.4, -0.2) is 21.7 Å². The Labute approximate surface area is 121 Å².